The highest BCUT2D eigenvalue weighted by Crippen LogP contribution is 2.31. The summed E-state index contributed by atoms with van der Waals surface area (Å²) < 4.78 is 21.0. The third-order valence-electron chi connectivity index (χ3n) is 5.76. The summed E-state index contributed by atoms with van der Waals surface area (Å²) in [6.07, 6.45) is 0. The number of halogens is 1. The molecule has 33 heavy (non-hydrogen) atoms. The van der Waals surface area contributed by atoms with E-state index in [9.17, 15) is 0 Å². The third kappa shape index (κ3) is 4.34. The Labute approximate surface area is 191 Å². The van der Waals surface area contributed by atoms with Crippen molar-refractivity contribution in [2.75, 3.05) is 30.0 Å². The Morgan fingerprint density at radius 2 is 1.91 bits per heavy atom. The molecule has 0 spiro atoms. The van der Waals surface area contributed by atoms with E-state index in [1.54, 1.807) is 18.2 Å². The second-order valence-electron chi connectivity index (χ2n) is 8.66. The van der Waals surface area contributed by atoms with Crippen molar-refractivity contribution in [3.8, 4) is 11.8 Å². The van der Waals surface area contributed by atoms with E-state index in [2.05, 4.69) is 54.1 Å². The molecule has 4 aromatic rings. The quantitative estimate of drug-likeness (QED) is 0.399. The molecule has 4 heterocycles. The minimum atomic E-state index is -0.449. The SMILES string of the molecule is Cc1cc(Nc2cc(N3CCN(C(C)C)C3)nc(Oc3ccc4[nH]c(C)cc4c3F)n2)n[nH]1. The molecule has 0 unspecified atom stereocenters. The maximum absolute atomic E-state index is 15.1. The normalized spacial score (nSPS) is 14.5. The summed E-state index contributed by atoms with van der Waals surface area (Å²) in [4.78, 5) is 16.7. The van der Waals surface area contributed by atoms with Gasteiger partial charge in [-0.05, 0) is 45.9 Å². The first-order valence-corrected chi connectivity index (χ1v) is 11.0. The fourth-order valence-electron chi connectivity index (χ4n) is 3.98. The van der Waals surface area contributed by atoms with Gasteiger partial charge in [0.05, 0.1) is 6.67 Å². The number of nitrogens with zero attached hydrogens (tertiary/aromatic N) is 5. The first kappa shape index (κ1) is 21.2. The molecular formula is C23H27FN8O. The van der Waals surface area contributed by atoms with Crippen LogP contribution < -0.4 is 15.0 Å². The summed E-state index contributed by atoms with van der Waals surface area (Å²) in [6.45, 7) is 10.7. The lowest BCUT2D eigenvalue weighted by Crippen LogP contribution is -2.31. The lowest BCUT2D eigenvalue weighted by atomic mass is 10.2. The lowest BCUT2D eigenvalue weighted by molar-refractivity contribution is 0.278. The maximum atomic E-state index is 15.1. The van der Waals surface area contributed by atoms with Crippen molar-refractivity contribution in [2.45, 2.75) is 33.7 Å². The Morgan fingerprint density at radius 1 is 1.06 bits per heavy atom. The Hall–Kier alpha value is -3.66. The van der Waals surface area contributed by atoms with Gasteiger partial charge in [0.15, 0.2) is 17.4 Å². The minimum absolute atomic E-state index is 0.0655. The van der Waals surface area contributed by atoms with Gasteiger partial charge in [0.2, 0.25) is 0 Å². The first-order chi connectivity index (χ1) is 15.9. The van der Waals surface area contributed by atoms with Crippen LogP contribution in [0.2, 0.25) is 0 Å². The molecule has 1 aliphatic heterocycles. The van der Waals surface area contributed by atoms with Crippen LogP contribution in [0, 0.1) is 19.7 Å². The van der Waals surface area contributed by atoms with Crippen LogP contribution in [0.25, 0.3) is 10.9 Å². The van der Waals surface area contributed by atoms with Gasteiger partial charge in [-0.3, -0.25) is 10.00 Å². The van der Waals surface area contributed by atoms with Crippen LogP contribution in [0.1, 0.15) is 25.2 Å². The number of anilines is 3. The fourth-order valence-corrected chi connectivity index (χ4v) is 3.98. The Kier molecular flexibility index (Phi) is 5.37. The Balaban J connectivity index is 1.49. The number of hydrogen-bond acceptors (Lipinski definition) is 7. The van der Waals surface area contributed by atoms with Crippen LogP contribution in [0.5, 0.6) is 11.8 Å². The third-order valence-corrected chi connectivity index (χ3v) is 5.76. The number of fused-ring (bicyclic) bond motifs is 1. The zero-order valence-corrected chi connectivity index (χ0v) is 19.1. The molecule has 1 saturated heterocycles. The van der Waals surface area contributed by atoms with E-state index in [0.717, 1.165) is 31.1 Å². The van der Waals surface area contributed by atoms with E-state index in [-0.39, 0.29) is 11.8 Å². The van der Waals surface area contributed by atoms with Crippen molar-refractivity contribution in [3.63, 3.8) is 0 Å². The number of aromatic nitrogens is 5. The van der Waals surface area contributed by atoms with Crippen molar-refractivity contribution in [1.29, 1.82) is 0 Å². The molecule has 3 N–H and O–H groups in total. The fraction of sp³-hybridized carbons (Fsp3) is 0.348. The molecular weight excluding hydrogens is 423 g/mol. The molecule has 1 aromatic carbocycles. The van der Waals surface area contributed by atoms with Crippen LogP contribution in [0.3, 0.4) is 0 Å². The summed E-state index contributed by atoms with van der Waals surface area (Å²) in [6, 6.07) is 9.36. The average molecular weight is 451 g/mol. The molecule has 0 amide bonds. The van der Waals surface area contributed by atoms with Crippen LogP contribution in [-0.4, -0.2) is 55.8 Å². The highest BCUT2D eigenvalue weighted by Gasteiger charge is 2.24. The van der Waals surface area contributed by atoms with Crippen LogP contribution in [-0.2, 0) is 0 Å². The molecule has 9 nitrogen and oxygen atoms in total. The van der Waals surface area contributed by atoms with E-state index in [1.165, 1.54) is 0 Å². The number of aromatic amines is 2. The van der Waals surface area contributed by atoms with Crippen molar-refractivity contribution < 1.29 is 9.13 Å². The maximum Gasteiger partial charge on any atom is 0.326 e. The second-order valence-corrected chi connectivity index (χ2v) is 8.66. The number of nitrogens with one attached hydrogen (secondary N) is 3. The number of aryl methyl sites for hydroxylation is 2. The zero-order chi connectivity index (χ0) is 23.1. The van der Waals surface area contributed by atoms with Gasteiger partial charge in [0.25, 0.3) is 0 Å². The minimum Gasteiger partial charge on any atom is -0.421 e. The van der Waals surface area contributed by atoms with E-state index >= 15 is 4.39 Å². The molecule has 0 atom stereocenters. The van der Waals surface area contributed by atoms with Gasteiger partial charge in [-0.2, -0.15) is 15.1 Å². The number of ether oxygens (including phenoxy) is 1. The first-order valence-electron chi connectivity index (χ1n) is 11.0. The van der Waals surface area contributed by atoms with Crippen LogP contribution in [0.4, 0.5) is 21.8 Å². The van der Waals surface area contributed by atoms with E-state index in [1.807, 2.05) is 26.0 Å². The molecule has 0 aliphatic carbocycles. The van der Waals surface area contributed by atoms with Gasteiger partial charge < -0.3 is 19.9 Å². The van der Waals surface area contributed by atoms with Crippen LogP contribution >= 0.6 is 0 Å². The topological polar surface area (TPSA) is 98.0 Å². The van der Waals surface area contributed by atoms with Gasteiger partial charge in [0, 0.05) is 53.6 Å². The highest BCUT2D eigenvalue weighted by molar-refractivity contribution is 5.82. The largest absolute Gasteiger partial charge is 0.421 e. The van der Waals surface area contributed by atoms with Gasteiger partial charge in [-0.25, -0.2) is 4.39 Å². The van der Waals surface area contributed by atoms with Crippen molar-refractivity contribution in [2.24, 2.45) is 0 Å². The Bertz CT molecular complexity index is 1300. The number of hydrogen-bond donors (Lipinski definition) is 3. The summed E-state index contributed by atoms with van der Waals surface area (Å²) >= 11 is 0. The van der Waals surface area contributed by atoms with E-state index in [0.29, 0.717) is 34.4 Å². The van der Waals surface area contributed by atoms with Crippen molar-refractivity contribution in [3.05, 3.63) is 47.5 Å². The summed E-state index contributed by atoms with van der Waals surface area (Å²) in [5.41, 5.74) is 2.52. The summed E-state index contributed by atoms with van der Waals surface area (Å²) in [5.74, 6) is 1.48. The standard InChI is InChI=1S/C23H27FN8O/c1-13(2)31-7-8-32(12-31)21-11-19(26-20-10-15(4)29-30-20)27-23(28-21)33-18-6-5-17-16(22(18)24)9-14(3)25-17/h5-6,9-11,13,25H,7-8,12H2,1-4H3,(H2,26,27,28,29,30). The molecule has 1 fully saturated rings. The summed E-state index contributed by atoms with van der Waals surface area (Å²) in [7, 11) is 0. The number of rotatable bonds is 6. The average Bonchev–Trinajstić information content (AvgIpc) is 3.50. The molecule has 172 valence electrons. The van der Waals surface area contributed by atoms with Crippen LogP contribution in [0.15, 0.2) is 30.3 Å². The molecule has 0 saturated carbocycles. The molecule has 1 aliphatic rings. The van der Waals surface area contributed by atoms with Crippen molar-refractivity contribution in [1.82, 2.24) is 30.0 Å². The lowest BCUT2D eigenvalue weighted by Gasteiger charge is -2.22. The molecule has 0 radical (unpaired) electrons. The molecule has 3 aromatic heterocycles. The monoisotopic (exact) mass is 450 g/mol. The van der Waals surface area contributed by atoms with Gasteiger partial charge in [0.1, 0.15) is 11.6 Å². The van der Waals surface area contributed by atoms with Gasteiger partial charge in [-0.1, -0.05) is 0 Å². The second kappa shape index (κ2) is 8.36. The van der Waals surface area contributed by atoms with Crippen molar-refractivity contribution >= 4 is 28.4 Å². The van der Waals surface area contributed by atoms with Gasteiger partial charge in [-0.15, -0.1) is 0 Å². The van der Waals surface area contributed by atoms with Gasteiger partial charge >= 0.3 is 6.01 Å². The van der Waals surface area contributed by atoms with E-state index < -0.39 is 5.82 Å². The van der Waals surface area contributed by atoms with E-state index in [4.69, 9.17) is 4.74 Å². The molecule has 0 bridgehead atoms. The molecule has 5 rings (SSSR count). The summed E-state index contributed by atoms with van der Waals surface area (Å²) in [5, 5.41) is 10.8. The molecule has 10 heteroatoms. The predicted molar refractivity (Wildman–Crippen MR) is 126 cm³/mol. The zero-order valence-electron chi connectivity index (χ0n) is 19.1. The number of benzene rings is 1. The number of H-pyrrole nitrogens is 2. The predicted octanol–water partition coefficient (Wildman–Crippen LogP) is 4.46. The Morgan fingerprint density at radius 3 is 2.64 bits per heavy atom. The highest BCUT2D eigenvalue weighted by atomic mass is 19.1. The smallest absolute Gasteiger partial charge is 0.326 e.